The number of nitrogens with one attached hydrogen (secondary N) is 3. The first-order valence-electron chi connectivity index (χ1n) is 7.57. The Bertz CT molecular complexity index is 829. The average molecular weight is 403 g/mol. The summed E-state index contributed by atoms with van der Waals surface area (Å²) in [5.41, 5.74) is 3.55. The Morgan fingerprint density at radius 1 is 1.11 bits per heavy atom. The van der Waals surface area contributed by atoms with Crippen LogP contribution in [0.4, 0.5) is 24.5 Å². The Balaban J connectivity index is 1.87. The Labute approximate surface area is 156 Å². The quantitative estimate of drug-likeness (QED) is 0.373. The predicted molar refractivity (Wildman–Crippen MR) is 93.5 cm³/mol. The summed E-state index contributed by atoms with van der Waals surface area (Å²) in [6, 6.07) is 8.40. The number of nitrogens with zero attached hydrogens (tertiary/aromatic N) is 1. The van der Waals surface area contributed by atoms with E-state index in [0.717, 1.165) is 12.1 Å². The average Bonchev–Trinajstić information content (AvgIpc) is 2.61. The van der Waals surface area contributed by atoms with Crippen LogP contribution < -0.4 is 16.2 Å². The van der Waals surface area contributed by atoms with Crippen molar-refractivity contribution in [2.45, 2.75) is 6.18 Å². The fourth-order valence-corrected chi connectivity index (χ4v) is 2.21. The number of nitro groups is 1. The monoisotopic (exact) mass is 402 g/mol. The van der Waals surface area contributed by atoms with E-state index in [4.69, 9.17) is 11.6 Å². The maximum Gasteiger partial charge on any atom is 0.416 e. The van der Waals surface area contributed by atoms with Gasteiger partial charge in [0.2, 0.25) is 0 Å². The lowest BCUT2D eigenvalue weighted by Crippen LogP contribution is -2.40. The first-order chi connectivity index (χ1) is 12.7. The second kappa shape index (κ2) is 8.69. The van der Waals surface area contributed by atoms with Gasteiger partial charge in [-0.2, -0.15) is 13.2 Å². The van der Waals surface area contributed by atoms with E-state index in [-0.39, 0.29) is 18.8 Å². The molecule has 0 atom stereocenters. The first kappa shape index (κ1) is 20.5. The molecule has 2 aromatic carbocycles. The van der Waals surface area contributed by atoms with Gasteiger partial charge in [-0.05, 0) is 36.4 Å². The highest BCUT2D eigenvalue weighted by Crippen LogP contribution is 2.34. The third-order valence-corrected chi connectivity index (χ3v) is 3.65. The topological polar surface area (TPSA) is 96.3 Å². The molecule has 144 valence electrons. The van der Waals surface area contributed by atoms with Crippen LogP contribution in [-0.2, 0) is 6.18 Å². The standard InChI is InChI=1S/C16H14ClF3N4O3/c17-12-4-1-10(2-5-12)15(25)23-22-8-7-21-13-6-3-11(16(18,19)20)9-14(13)24(26)27/h1-6,9,21-22H,7-8H2,(H,23,25). The minimum absolute atomic E-state index is 0.0566. The van der Waals surface area contributed by atoms with Gasteiger partial charge in [0.25, 0.3) is 11.6 Å². The highest BCUT2D eigenvalue weighted by atomic mass is 35.5. The van der Waals surface area contributed by atoms with Crippen LogP contribution in [0.2, 0.25) is 5.02 Å². The molecule has 3 N–H and O–H groups in total. The molecule has 2 rings (SSSR count). The summed E-state index contributed by atoms with van der Waals surface area (Å²) in [5.74, 6) is -0.410. The van der Waals surface area contributed by atoms with Crippen molar-refractivity contribution in [1.29, 1.82) is 0 Å². The molecular formula is C16H14ClF3N4O3. The Morgan fingerprint density at radius 3 is 2.37 bits per heavy atom. The number of carbonyl (C=O) groups excluding carboxylic acids is 1. The Hall–Kier alpha value is -2.85. The zero-order chi connectivity index (χ0) is 20.0. The lowest BCUT2D eigenvalue weighted by molar-refractivity contribution is -0.384. The van der Waals surface area contributed by atoms with Gasteiger partial charge < -0.3 is 5.32 Å². The second-order valence-corrected chi connectivity index (χ2v) is 5.74. The van der Waals surface area contributed by atoms with E-state index in [1.165, 1.54) is 12.1 Å². The van der Waals surface area contributed by atoms with Crippen molar-refractivity contribution in [3.05, 3.63) is 68.7 Å². The number of hydrazine groups is 1. The van der Waals surface area contributed by atoms with E-state index in [0.29, 0.717) is 16.7 Å². The van der Waals surface area contributed by atoms with Crippen LogP contribution in [0.5, 0.6) is 0 Å². The molecule has 0 aromatic heterocycles. The van der Waals surface area contributed by atoms with Crippen LogP contribution in [0.25, 0.3) is 0 Å². The van der Waals surface area contributed by atoms with Crippen LogP contribution in [-0.4, -0.2) is 23.9 Å². The molecule has 0 fully saturated rings. The maximum atomic E-state index is 12.7. The number of rotatable bonds is 7. The van der Waals surface area contributed by atoms with Crippen LogP contribution in [0, 0.1) is 10.1 Å². The van der Waals surface area contributed by atoms with Crippen molar-refractivity contribution >= 4 is 28.9 Å². The van der Waals surface area contributed by atoms with E-state index in [1.807, 2.05) is 0 Å². The van der Waals surface area contributed by atoms with Crippen molar-refractivity contribution in [2.75, 3.05) is 18.4 Å². The van der Waals surface area contributed by atoms with E-state index in [1.54, 1.807) is 12.1 Å². The summed E-state index contributed by atoms with van der Waals surface area (Å²) in [4.78, 5) is 21.9. The molecule has 0 heterocycles. The van der Waals surface area contributed by atoms with Crippen molar-refractivity contribution in [3.8, 4) is 0 Å². The SMILES string of the molecule is O=C(NNCCNc1ccc(C(F)(F)F)cc1[N+](=O)[O-])c1ccc(Cl)cc1. The summed E-state index contributed by atoms with van der Waals surface area (Å²) in [6.07, 6.45) is -4.67. The van der Waals surface area contributed by atoms with Crippen molar-refractivity contribution in [3.63, 3.8) is 0 Å². The number of benzene rings is 2. The normalized spacial score (nSPS) is 11.1. The van der Waals surface area contributed by atoms with Crippen molar-refractivity contribution < 1.29 is 22.9 Å². The zero-order valence-electron chi connectivity index (χ0n) is 13.6. The van der Waals surface area contributed by atoms with Crippen molar-refractivity contribution in [1.82, 2.24) is 10.9 Å². The number of nitro benzene ring substituents is 1. The largest absolute Gasteiger partial charge is 0.416 e. The molecule has 0 radical (unpaired) electrons. The van der Waals surface area contributed by atoms with Gasteiger partial charge in [-0.25, -0.2) is 5.43 Å². The minimum Gasteiger partial charge on any atom is -0.378 e. The lowest BCUT2D eigenvalue weighted by Gasteiger charge is -2.11. The highest BCUT2D eigenvalue weighted by Gasteiger charge is 2.32. The van der Waals surface area contributed by atoms with Crippen LogP contribution in [0.3, 0.4) is 0 Å². The number of hydrogen-bond donors (Lipinski definition) is 3. The zero-order valence-corrected chi connectivity index (χ0v) is 14.4. The summed E-state index contributed by atoms with van der Waals surface area (Å²) in [5, 5.41) is 14.1. The minimum atomic E-state index is -4.67. The molecule has 0 saturated heterocycles. The molecule has 0 unspecified atom stereocenters. The third kappa shape index (κ3) is 5.83. The van der Waals surface area contributed by atoms with Gasteiger partial charge in [-0.15, -0.1) is 0 Å². The van der Waals surface area contributed by atoms with E-state index in [9.17, 15) is 28.1 Å². The molecule has 0 aliphatic rings. The van der Waals surface area contributed by atoms with Gasteiger partial charge in [-0.3, -0.25) is 20.3 Å². The molecule has 11 heteroatoms. The van der Waals surface area contributed by atoms with Gasteiger partial charge >= 0.3 is 6.18 Å². The van der Waals surface area contributed by atoms with Crippen LogP contribution in [0.15, 0.2) is 42.5 Å². The summed E-state index contributed by atoms with van der Waals surface area (Å²) in [6.45, 7) is 0.282. The molecule has 0 aliphatic carbocycles. The number of halogens is 4. The summed E-state index contributed by atoms with van der Waals surface area (Å²) >= 11 is 5.72. The second-order valence-electron chi connectivity index (χ2n) is 5.30. The van der Waals surface area contributed by atoms with Gasteiger partial charge in [0.15, 0.2) is 0 Å². The molecule has 27 heavy (non-hydrogen) atoms. The van der Waals surface area contributed by atoms with Gasteiger partial charge in [0.05, 0.1) is 10.5 Å². The fraction of sp³-hybridized carbons (Fsp3) is 0.188. The van der Waals surface area contributed by atoms with Gasteiger partial charge in [0.1, 0.15) is 5.69 Å². The van der Waals surface area contributed by atoms with Gasteiger partial charge in [-0.1, -0.05) is 11.6 Å². The molecule has 0 saturated carbocycles. The van der Waals surface area contributed by atoms with E-state index < -0.39 is 28.3 Å². The highest BCUT2D eigenvalue weighted by molar-refractivity contribution is 6.30. The number of amides is 1. The predicted octanol–water partition coefficient (Wildman–Crippen LogP) is 3.61. The maximum absolute atomic E-state index is 12.7. The Kier molecular flexibility index (Phi) is 6.59. The van der Waals surface area contributed by atoms with E-state index in [2.05, 4.69) is 16.2 Å². The smallest absolute Gasteiger partial charge is 0.378 e. The first-order valence-corrected chi connectivity index (χ1v) is 7.94. The number of anilines is 1. The molecule has 0 bridgehead atoms. The number of hydrogen-bond acceptors (Lipinski definition) is 5. The van der Waals surface area contributed by atoms with Gasteiger partial charge in [0, 0.05) is 29.7 Å². The summed E-state index contributed by atoms with van der Waals surface area (Å²) < 4.78 is 38.0. The number of alkyl halides is 3. The summed E-state index contributed by atoms with van der Waals surface area (Å²) in [7, 11) is 0. The van der Waals surface area contributed by atoms with Crippen LogP contribution >= 0.6 is 11.6 Å². The molecule has 0 aliphatic heterocycles. The van der Waals surface area contributed by atoms with E-state index >= 15 is 0 Å². The molecule has 7 nitrogen and oxygen atoms in total. The molecule has 2 aromatic rings. The van der Waals surface area contributed by atoms with Crippen LogP contribution in [0.1, 0.15) is 15.9 Å². The third-order valence-electron chi connectivity index (χ3n) is 3.40. The van der Waals surface area contributed by atoms with Crippen molar-refractivity contribution in [2.24, 2.45) is 0 Å². The molecule has 1 amide bonds. The molecule has 0 spiro atoms. The molecular weight excluding hydrogens is 389 g/mol. The fourth-order valence-electron chi connectivity index (χ4n) is 2.08. The number of carbonyl (C=O) groups is 1. The lowest BCUT2D eigenvalue weighted by atomic mass is 10.1. The Morgan fingerprint density at radius 2 is 1.78 bits per heavy atom.